The van der Waals surface area contributed by atoms with Crippen LogP contribution in [0, 0.1) is 5.92 Å². The number of benzene rings is 1. The van der Waals surface area contributed by atoms with Crippen molar-refractivity contribution in [2.75, 3.05) is 53.0 Å². The molecule has 1 fully saturated rings. The fraction of sp³-hybridized carbons (Fsp3) is 0.652. The van der Waals surface area contributed by atoms with Gasteiger partial charge in [-0.25, -0.2) is 4.99 Å². The summed E-state index contributed by atoms with van der Waals surface area (Å²) in [6.07, 6.45) is 2.04. The van der Waals surface area contributed by atoms with Gasteiger partial charge in [0.25, 0.3) is 0 Å². The monoisotopic (exact) mass is 561 g/mol. The van der Waals surface area contributed by atoms with Crippen LogP contribution >= 0.6 is 24.0 Å². The Balaban J connectivity index is 0.00000512. The van der Waals surface area contributed by atoms with Gasteiger partial charge in [0.2, 0.25) is 5.91 Å². The highest BCUT2D eigenvalue weighted by Crippen LogP contribution is 2.29. The van der Waals surface area contributed by atoms with Gasteiger partial charge in [-0.3, -0.25) is 4.79 Å². The molecule has 0 unspecified atom stereocenters. The maximum absolute atomic E-state index is 11.7. The van der Waals surface area contributed by atoms with Crippen molar-refractivity contribution in [2.45, 2.75) is 40.2 Å². The third kappa shape index (κ3) is 10.2. The summed E-state index contributed by atoms with van der Waals surface area (Å²) >= 11 is 0. The van der Waals surface area contributed by atoms with E-state index in [1.807, 2.05) is 25.1 Å². The lowest BCUT2D eigenvalue weighted by Crippen LogP contribution is -2.41. The SMILES string of the molecule is CCNC(=NCc1ccc(OCCN(CC)CC)c(OC)c1)NCCNC(=O)C1CC1.I. The summed E-state index contributed by atoms with van der Waals surface area (Å²) < 4.78 is 11.4. The van der Waals surface area contributed by atoms with E-state index in [1.54, 1.807) is 7.11 Å². The zero-order valence-electron chi connectivity index (χ0n) is 19.9. The molecular weight excluding hydrogens is 521 g/mol. The Bertz CT molecular complexity index is 709. The zero-order valence-corrected chi connectivity index (χ0v) is 22.2. The lowest BCUT2D eigenvalue weighted by Gasteiger charge is -2.19. The van der Waals surface area contributed by atoms with Crippen molar-refractivity contribution in [3.05, 3.63) is 23.8 Å². The van der Waals surface area contributed by atoms with Gasteiger partial charge in [-0.05, 0) is 50.6 Å². The third-order valence-electron chi connectivity index (χ3n) is 5.22. The second-order valence-corrected chi connectivity index (χ2v) is 7.55. The Hall–Kier alpha value is -1.75. The van der Waals surface area contributed by atoms with Crippen molar-refractivity contribution in [3.8, 4) is 11.5 Å². The van der Waals surface area contributed by atoms with E-state index in [2.05, 4.69) is 39.7 Å². The number of amides is 1. The Morgan fingerprint density at radius 1 is 1.09 bits per heavy atom. The number of aliphatic imine (C=N–C) groups is 1. The molecule has 0 heterocycles. The quantitative estimate of drug-likeness (QED) is 0.140. The van der Waals surface area contributed by atoms with E-state index in [1.165, 1.54) is 0 Å². The molecule has 0 atom stereocenters. The third-order valence-corrected chi connectivity index (χ3v) is 5.22. The summed E-state index contributed by atoms with van der Waals surface area (Å²) in [5.74, 6) is 2.59. The molecule has 0 spiro atoms. The molecular formula is C23H40IN5O3. The molecule has 1 aliphatic carbocycles. The van der Waals surface area contributed by atoms with Gasteiger partial charge in [0.15, 0.2) is 17.5 Å². The lowest BCUT2D eigenvalue weighted by molar-refractivity contribution is -0.122. The summed E-state index contributed by atoms with van der Waals surface area (Å²) in [5.41, 5.74) is 1.03. The van der Waals surface area contributed by atoms with Crippen LogP contribution in [0.5, 0.6) is 11.5 Å². The Morgan fingerprint density at radius 3 is 2.44 bits per heavy atom. The molecule has 32 heavy (non-hydrogen) atoms. The van der Waals surface area contributed by atoms with Gasteiger partial charge in [0.1, 0.15) is 6.61 Å². The van der Waals surface area contributed by atoms with Crippen molar-refractivity contribution >= 4 is 35.8 Å². The molecule has 0 saturated heterocycles. The first-order valence-corrected chi connectivity index (χ1v) is 11.4. The number of nitrogens with zero attached hydrogens (tertiary/aromatic N) is 2. The number of hydrogen-bond acceptors (Lipinski definition) is 5. The highest BCUT2D eigenvalue weighted by atomic mass is 127. The van der Waals surface area contributed by atoms with Gasteiger partial charge in [-0.2, -0.15) is 0 Å². The van der Waals surface area contributed by atoms with E-state index in [4.69, 9.17) is 9.47 Å². The number of likely N-dealkylation sites (N-methyl/N-ethyl adjacent to an activating group) is 1. The maximum Gasteiger partial charge on any atom is 0.223 e. The minimum atomic E-state index is 0. The molecule has 1 aliphatic rings. The van der Waals surface area contributed by atoms with Crippen molar-refractivity contribution in [1.29, 1.82) is 0 Å². The van der Waals surface area contributed by atoms with Gasteiger partial charge in [0, 0.05) is 32.1 Å². The van der Waals surface area contributed by atoms with E-state index < -0.39 is 0 Å². The fourth-order valence-corrected chi connectivity index (χ4v) is 3.12. The van der Waals surface area contributed by atoms with Crippen LogP contribution < -0.4 is 25.4 Å². The van der Waals surface area contributed by atoms with E-state index in [0.717, 1.165) is 56.3 Å². The van der Waals surface area contributed by atoms with E-state index >= 15 is 0 Å². The average Bonchev–Trinajstić information content (AvgIpc) is 3.63. The van der Waals surface area contributed by atoms with Crippen molar-refractivity contribution in [1.82, 2.24) is 20.9 Å². The Labute approximate surface area is 209 Å². The summed E-state index contributed by atoms with van der Waals surface area (Å²) in [5, 5.41) is 9.44. The number of guanidine groups is 1. The molecule has 2 rings (SSSR count). The number of rotatable bonds is 14. The molecule has 0 radical (unpaired) electrons. The standard InChI is InChI=1S/C23H39N5O3.HI/c1-5-24-23(26-13-12-25-22(29)19-9-10-19)27-17-18-8-11-20(21(16-18)30-4)31-15-14-28(6-2)7-3;/h8,11,16,19H,5-7,9-10,12-15,17H2,1-4H3,(H,25,29)(H2,24,26,27);1H. The fourth-order valence-electron chi connectivity index (χ4n) is 3.12. The molecule has 1 aromatic rings. The number of carbonyl (C=O) groups is 1. The van der Waals surface area contributed by atoms with Crippen molar-refractivity contribution in [3.63, 3.8) is 0 Å². The maximum atomic E-state index is 11.7. The van der Waals surface area contributed by atoms with Gasteiger partial charge in [0.05, 0.1) is 13.7 Å². The average molecular weight is 562 g/mol. The van der Waals surface area contributed by atoms with Crippen LogP contribution in [0.15, 0.2) is 23.2 Å². The molecule has 1 amide bonds. The normalized spacial score (nSPS) is 13.3. The van der Waals surface area contributed by atoms with E-state index in [-0.39, 0.29) is 35.8 Å². The molecule has 3 N–H and O–H groups in total. The number of carbonyl (C=O) groups excluding carboxylic acids is 1. The highest BCUT2D eigenvalue weighted by molar-refractivity contribution is 14.0. The molecule has 0 aliphatic heterocycles. The number of halogens is 1. The first kappa shape index (κ1) is 28.3. The van der Waals surface area contributed by atoms with E-state index in [0.29, 0.717) is 32.0 Å². The molecule has 9 heteroatoms. The first-order valence-electron chi connectivity index (χ1n) is 11.4. The van der Waals surface area contributed by atoms with Crippen molar-refractivity contribution in [2.24, 2.45) is 10.9 Å². The smallest absolute Gasteiger partial charge is 0.223 e. The largest absolute Gasteiger partial charge is 0.493 e. The van der Waals surface area contributed by atoms with Gasteiger partial charge < -0.3 is 30.3 Å². The van der Waals surface area contributed by atoms with Gasteiger partial charge in [-0.15, -0.1) is 24.0 Å². The predicted molar refractivity (Wildman–Crippen MR) is 140 cm³/mol. The minimum Gasteiger partial charge on any atom is -0.493 e. The molecule has 0 aromatic heterocycles. The summed E-state index contributed by atoms with van der Waals surface area (Å²) in [4.78, 5) is 18.7. The van der Waals surface area contributed by atoms with Crippen LogP contribution in [-0.4, -0.2) is 69.8 Å². The number of nitrogens with one attached hydrogen (secondary N) is 3. The molecule has 1 saturated carbocycles. The highest BCUT2D eigenvalue weighted by Gasteiger charge is 2.28. The van der Waals surface area contributed by atoms with Gasteiger partial charge in [-0.1, -0.05) is 19.9 Å². The first-order chi connectivity index (χ1) is 15.1. The lowest BCUT2D eigenvalue weighted by atomic mass is 10.2. The molecule has 8 nitrogen and oxygen atoms in total. The number of ether oxygens (including phenoxy) is 2. The number of methoxy groups -OCH3 is 1. The second-order valence-electron chi connectivity index (χ2n) is 7.55. The van der Waals surface area contributed by atoms with E-state index in [9.17, 15) is 4.79 Å². The summed E-state index contributed by atoms with van der Waals surface area (Å²) in [6, 6.07) is 5.92. The Kier molecular flexibility index (Phi) is 14.1. The van der Waals surface area contributed by atoms with Crippen LogP contribution in [0.1, 0.15) is 39.2 Å². The molecule has 1 aromatic carbocycles. The van der Waals surface area contributed by atoms with Gasteiger partial charge >= 0.3 is 0 Å². The van der Waals surface area contributed by atoms with Crippen LogP contribution in [0.3, 0.4) is 0 Å². The molecule has 182 valence electrons. The van der Waals surface area contributed by atoms with Crippen molar-refractivity contribution < 1.29 is 14.3 Å². The predicted octanol–water partition coefficient (Wildman–Crippen LogP) is 2.62. The second kappa shape index (κ2) is 16.0. The minimum absolute atomic E-state index is 0. The Morgan fingerprint density at radius 2 is 1.81 bits per heavy atom. The van der Waals surface area contributed by atoms with Crippen LogP contribution in [0.4, 0.5) is 0 Å². The summed E-state index contributed by atoms with van der Waals surface area (Å²) in [6.45, 7) is 12.4. The van der Waals surface area contributed by atoms with Crippen LogP contribution in [0.2, 0.25) is 0 Å². The van der Waals surface area contributed by atoms with Crippen LogP contribution in [0.25, 0.3) is 0 Å². The number of hydrogen-bond donors (Lipinski definition) is 3. The van der Waals surface area contributed by atoms with Crippen LogP contribution in [-0.2, 0) is 11.3 Å². The zero-order chi connectivity index (χ0) is 22.5. The summed E-state index contributed by atoms with van der Waals surface area (Å²) in [7, 11) is 1.65. The molecule has 0 bridgehead atoms. The topological polar surface area (TPSA) is 87.2 Å².